The number of benzene rings is 19. The molecule has 0 aliphatic heterocycles. The first kappa shape index (κ1) is 60.7. The van der Waals surface area contributed by atoms with Crippen LogP contribution in [0.5, 0.6) is 0 Å². The van der Waals surface area contributed by atoms with Crippen LogP contribution in [0.2, 0.25) is 0 Å². The number of rotatable bonds is 3. The van der Waals surface area contributed by atoms with Gasteiger partial charge in [-0.2, -0.15) is 0 Å². The third-order valence-corrected chi connectivity index (χ3v) is 17.0. The Bertz CT molecular complexity index is 4890. The van der Waals surface area contributed by atoms with Crippen molar-refractivity contribution < 1.29 is 0 Å². The Kier molecular flexibility index (Phi) is 19.7. The van der Waals surface area contributed by atoms with Crippen LogP contribution < -0.4 is 0 Å². The maximum atomic E-state index is 2.24. The molecule has 0 atom stereocenters. The summed E-state index contributed by atoms with van der Waals surface area (Å²) in [6, 6.07) is 148. The summed E-state index contributed by atoms with van der Waals surface area (Å²) in [5.74, 6) is 0. The zero-order chi connectivity index (χ0) is 63.4. The lowest BCUT2D eigenvalue weighted by molar-refractivity contribution is 1.58. The molecule has 0 spiro atoms. The van der Waals surface area contributed by atoms with Crippen molar-refractivity contribution in [3.05, 3.63) is 425 Å². The van der Waals surface area contributed by atoms with E-state index in [1.54, 1.807) is 0 Å². The standard InChI is InChI=1S/C18H12.C18H14.C16H10.C14H10.C12H10.C10H8.C6H6/c1-2-8-14-13(7-1)15-9-3-4-11-17(15)18-12-6-5-10-16(14)18;1-3-9-15(10-4-1)17-13-7-8-14-18(17)16-11-5-2-6-12-16;1-3-11-7-9-13-5-2-6-14-10-8-12(4-1)15(11)16(13)14;1-2-6-12-10-14-8-4-3-7-13(14)9-11(12)5-1;1-3-7-11(8-4-1)12-9-5-2-6-10-12;1-2-6-10-8-4-3-7-9(10)5-1;1-2-4-6-5-3-1/h1-12H;1-14H;1-10H;1-10H;1-10H;1-8H;1-6H. The maximum absolute atomic E-state index is 2.24. The molecule has 0 radical (unpaired) electrons. The number of hydrogen-bond donors (Lipinski definition) is 0. The summed E-state index contributed by atoms with van der Waals surface area (Å²) in [4.78, 5) is 0. The highest BCUT2D eigenvalue weighted by molar-refractivity contribution is 6.25. The fraction of sp³-hybridized carbons (Fsp3) is 0. The smallest absolute Gasteiger partial charge is 0.00268 e. The minimum atomic E-state index is 1.26. The second-order valence-corrected chi connectivity index (χ2v) is 23.0. The monoisotopic (exact) mass is 1200 g/mol. The average molecular weight is 1200 g/mol. The van der Waals surface area contributed by atoms with E-state index in [2.05, 4.69) is 376 Å². The van der Waals surface area contributed by atoms with Gasteiger partial charge in [0.15, 0.2) is 0 Å². The molecule has 0 bridgehead atoms. The molecule has 19 aromatic rings. The van der Waals surface area contributed by atoms with Gasteiger partial charge in [-0.05, 0) is 142 Å². The quantitative estimate of drug-likeness (QED) is 0.122. The Labute approximate surface area is 551 Å². The van der Waals surface area contributed by atoms with Gasteiger partial charge in [0.05, 0.1) is 0 Å². The molecule has 0 aliphatic carbocycles. The number of hydrogen-bond acceptors (Lipinski definition) is 0. The molecule has 0 N–H and O–H groups in total. The summed E-state index contributed by atoms with van der Waals surface area (Å²) in [5.41, 5.74) is 7.64. The van der Waals surface area contributed by atoms with Crippen molar-refractivity contribution in [3.8, 4) is 33.4 Å². The van der Waals surface area contributed by atoms with Gasteiger partial charge in [-0.25, -0.2) is 0 Å². The Balaban J connectivity index is 0.000000102. The first-order valence-corrected chi connectivity index (χ1v) is 32.2. The zero-order valence-corrected chi connectivity index (χ0v) is 52.4. The van der Waals surface area contributed by atoms with Crippen LogP contribution in [0.3, 0.4) is 0 Å². The fourth-order valence-corrected chi connectivity index (χ4v) is 12.4. The minimum Gasteiger partial charge on any atom is -0.0623 e. The topological polar surface area (TPSA) is 0 Å². The van der Waals surface area contributed by atoms with Crippen LogP contribution in [0.25, 0.3) is 130 Å². The van der Waals surface area contributed by atoms with Crippen molar-refractivity contribution in [1.82, 2.24) is 0 Å². The molecule has 94 heavy (non-hydrogen) atoms. The molecule has 19 aromatic carbocycles. The normalized spacial score (nSPS) is 10.6. The van der Waals surface area contributed by atoms with E-state index in [0.717, 1.165) is 0 Å². The lowest BCUT2D eigenvalue weighted by Crippen LogP contribution is -1.83. The van der Waals surface area contributed by atoms with Gasteiger partial charge in [-0.1, -0.05) is 413 Å². The number of fused-ring (bicyclic) bond motifs is 9. The Morgan fingerprint density at radius 3 is 0.543 bits per heavy atom. The molecular formula is C94H70. The lowest BCUT2D eigenvalue weighted by atomic mass is 9.95. The zero-order valence-electron chi connectivity index (χ0n) is 52.4. The summed E-state index contributed by atoms with van der Waals surface area (Å²) in [5, 5.41) is 24.0. The van der Waals surface area contributed by atoms with Crippen molar-refractivity contribution in [3.63, 3.8) is 0 Å². The van der Waals surface area contributed by atoms with Gasteiger partial charge in [-0.3, -0.25) is 0 Å². The summed E-state index contributed by atoms with van der Waals surface area (Å²) in [7, 11) is 0. The van der Waals surface area contributed by atoms with Gasteiger partial charge < -0.3 is 0 Å². The van der Waals surface area contributed by atoms with E-state index in [4.69, 9.17) is 0 Å². The highest BCUT2D eigenvalue weighted by Crippen LogP contribution is 2.37. The molecule has 0 fully saturated rings. The van der Waals surface area contributed by atoms with Crippen LogP contribution in [-0.2, 0) is 0 Å². The molecule has 0 saturated heterocycles. The molecule has 0 heteroatoms. The van der Waals surface area contributed by atoms with Crippen LogP contribution in [0.1, 0.15) is 0 Å². The molecule has 0 amide bonds. The van der Waals surface area contributed by atoms with Crippen molar-refractivity contribution in [2.24, 2.45) is 0 Å². The van der Waals surface area contributed by atoms with E-state index in [1.807, 2.05) is 48.5 Å². The van der Waals surface area contributed by atoms with Crippen LogP contribution in [-0.4, -0.2) is 0 Å². The van der Waals surface area contributed by atoms with Crippen molar-refractivity contribution in [1.29, 1.82) is 0 Å². The third kappa shape index (κ3) is 14.7. The highest BCUT2D eigenvalue weighted by Gasteiger charge is 2.09. The molecule has 0 heterocycles. The van der Waals surface area contributed by atoms with Gasteiger partial charge in [0, 0.05) is 0 Å². The third-order valence-electron chi connectivity index (χ3n) is 17.0. The van der Waals surface area contributed by atoms with E-state index in [1.165, 1.54) is 130 Å². The van der Waals surface area contributed by atoms with Crippen LogP contribution >= 0.6 is 0 Å². The van der Waals surface area contributed by atoms with Crippen LogP contribution in [0.4, 0.5) is 0 Å². The molecule has 0 aromatic heterocycles. The highest BCUT2D eigenvalue weighted by atomic mass is 14.1. The van der Waals surface area contributed by atoms with Crippen LogP contribution in [0.15, 0.2) is 425 Å². The van der Waals surface area contributed by atoms with Crippen molar-refractivity contribution >= 4 is 97.0 Å². The van der Waals surface area contributed by atoms with E-state index in [0.29, 0.717) is 0 Å². The molecule has 0 aliphatic rings. The van der Waals surface area contributed by atoms with Crippen LogP contribution in [0, 0.1) is 0 Å². The van der Waals surface area contributed by atoms with Crippen molar-refractivity contribution in [2.75, 3.05) is 0 Å². The SMILES string of the molecule is c1cc2ccc3cccc4ccc(c1)c2c34.c1ccc(-c2ccccc2)cc1.c1ccc(-c2ccccc2-c2ccccc2)cc1.c1ccc2c(c1)c1ccccc1c1ccccc21.c1ccc2cc3ccccc3cc2c1.c1ccc2ccccc2c1.c1ccccc1. The van der Waals surface area contributed by atoms with Gasteiger partial charge in [0.1, 0.15) is 0 Å². The summed E-state index contributed by atoms with van der Waals surface area (Å²) < 4.78 is 0. The second kappa shape index (κ2) is 30.5. The van der Waals surface area contributed by atoms with Gasteiger partial charge in [0.25, 0.3) is 0 Å². The second-order valence-electron chi connectivity index (χ2n) is 23.0. The molecule has 19 rings (SSSR count). The van der Waals surface area contributed by atoms with Gasteiger partial charge >= 0.3 is 0 Å². The Morgan fingerprint density at radius 1 is 0.106 bits per heavy atom. The first-order valence-electron chi connectivity index (χ1n) is 32.2. The van der Waals surface area contributed by atoms with E-state index in [-0.39, 0.29) is 0 Å². The molecule has 446 valence electrons. The predicted molar refractivity (Wildman–Crippen MR) is 410 cm³/mol. The lowest BCUT2D eigenvalue weighted by Gasteiger charge is -2.09. The van der Waals surface area contributed by atoms with Gasteiger partial charge in [0.2, 0.25) is 0 Å². The molecule has 0 saturated carbocycles. The molecular weight excluding hydrogens is 1130 g/mol. The van der Waals surface area contributed by atoms with Crippen molar-refractivity contribution in [2.45, 2.75) is 0 Å². The molecule has 0 nitrogen and oxygen atoms in total. The molecule has 0 unspecified atom stereocenters. The Morgan fingerprint density at radius 2 is 0.287 bits per heavy atom. The summed E-state index contributed by atoms with van der Waals surface area (Å²) in [6.45, 7) is 0. The Hall–Kier alpha value is -12.2. The average Bonchev–Trinajstić information content (AvgIpc) is 0.767. The van der Waals surface area contributed by atoms with E-state index in [9.17, 15) is 0 Å². The fourth-order valence-electron chi connectivity index (χ4n) is 12.4. The summed E-state index contributed by atoms with van der Waals surface area (Å²) in [6.07, 6.45) is 0. The van der Waals surface area contributed by atoms with E-state index >= 15 is 0 Å². The predicted octanol–water partition coefficient (Wildman–Crippen LogP) is 26.6. The first-order chi connectivity index (χ1) is 46.7. The van der Waals surface area contributed by atoms with E-state index < -0.39 is 0 Å². The summed E-state index contributed by atoms with van der Waals surface area (Å²) >= 11 is 0. The maximum Gasteiger partial charge on any atom is -0.00268 e. The largest absolute Gasteiger partial charge is 0.0623 e. The minimum absolute atomic E-state index is 1.26. The van der Waals surface area contributed by atoms with Gasteiger partial charge in [-0.15, -0.1) is 0 Å².